The Balaban J connectivity index is 1.47. The van der Waals surface area contributed by atoms with E-state index in [0.717, 1.165) is 5.69 Å². The normalized spacial score (nSPS) is 10.1. The smallest absolute Gasteiger partial charge is 0.269 e. The third kappa shape index (κ3) is 5.47. The Kier molecular flexibility index (Phi) is 6.29. The van der Waals surface area contributed by atoms with Crippen molar-refractivity contribution >= 4 is 40.3 Å². The Morgan fingerprint density at radius 1 is 1.15 bits per heavy atom. The lowest BCUT2D eigenvalue weighted by Crippen LogP contribution is -2.43. The molecule has 0 saturated carbocycles. The fraction of sp³-hybridized carbons (Fsp3) is 0.0556. The molecule has 1 amide bonds. The van der Waals surface area contributed by atoms with Crippen LogP contribution in [0.3, 0.4) is 0 Å². The first-order chi connectivity index (χ1) is 13.1. The van der Waals surface area contributed by atoms with Gasteiger partial charge < -0.3 is 10.1 Å². The van der Waals surface area contributed by atoms with Gasteiger partial charge in [-0.05, 0) is 48.6 Å². The minimum Gasteiger partial charge on any atom is -0.487 e. The molecule has 0 unspecified atom stereocenters. The Bertz CT molecular complexity index is 917. The Morgan fingerprint density at radius 2 is 1.93 bits per heavy atom. The highest BCUT2D eigenvalue weighted by molar-refractivity contribution is 7.80. The van der Waals surface area contributed by atoms with E-state index in [1.54, 1.807) is 41.9 Å². The van der Waals surface area contributed by atoms with Gasteiger partial charge in [-0.1, -0.05) is 12.1 Å². The van der Waals surface area contributed by atoms with Crippen molar-refractivity contribution in [3.63, 3.8) is 0 Å². The van der Waals surface area contributed by atoms with E-state index >= 15 is 0 Å². The van der Waals surface area contributed by atoms with Gasteiger partial charge in [0.25, 0.3) is 5.91 Å². The van der Waals surface area contributed by atoms with Crippen LogP contribution >= 0.6 is 23.6 Å². The number of thiocarbonyl (C=S) groups is 1. The zero-order valence-corrected chi connectivity index (χ0v) is 15.6. The van der Waals surface area contributed by atoms with Crippen molar-refractivity contribution in [3.05, 3.63) is 76.5 Å². The van der Waals surface area contributed by atoms with Crippen LogP contribution in [0.4, 0.5) is 10.1 Å². The van der Waals surface area contributed by atoms with E-state index in [0.29, 0.717) is 17.9 Å². The number of hydrazine groups is 1. The molecule has 0 fully saturated rings. The van der Waals surface area contributed by atoms with E-state index in [4.69, 9.17) is 17.0 Å². The number of halogens is 1. The second kappa shape index (κ2) is 9.06. The molecule has 138 valence electrons. The predicted octanol–water partition coefficient (Wildman–Crippen LogP) is 3.49. The molecule has 0 aliphatic heterocycles. The summed E-state index contributed by atoms with van der Waals surface area (Å²) in [6.07, 6.45) is 0. The molecule has 0 spiro atoms. The molecule has 2 aromatic carbocycles. The van der Waals surface area contributed by atoms with Crippen molar-refractivity contribution in [3.8, 4) is 5.75 Å². The molecule has 3 N–H and O–H groups in total. The average molecular weight is 402 g/mol. The third-order valence-corrected chi connectivity index (χ3v) is 4.24. The van der Waals surface area contributed by atoms with Gasteiger partial charge in [0.1, 0.15) is 18.2 Å². The standard InChI is InChI=1S/C18H15FN4O2S2/c19-15-3-1-2-4-16(15)21-18(26)23-22-17(24)12-5-7-14(8-6-12)25-9-13-10-27-11-20-13/h1-8,10-11H,9H2,(H,22,24)(H2,21,23,26). The topological polar surface area (TPSA) is 75.3 Å². The van der Waals surface area contributed by atoms with Crippen LogP contribution in [-0.2, 0) is 6.61 Å². The van der Waals surface area contributed by atoms with Gasteiger partial charge in [-0.15, -0.1) is 11.3 Å². The molecule has 6 nitrogen and oxygen atoms in total. The number of hydrogen-bond donors (Lipinski definition) is 3. The van der Waals surface area contributed by atoms with Crippen molar-refractivity contribution in [1.82, 2.24) is 15.8 Å². The van der Waals surface area contributed by atoms with Gasteiger partial charge in [-0.25, -0.2) is 9.37 Å². The van der Waals surface area contributed by atoms with Crippen molar-refractivity contribution in [2.75, 3.05) is 5.32 Å². The van der Waals surface area contributed by atoms with Crippen LogP contribution < -0.4 is 20.9 Å². The van der Waals surface area contributed by atoms with Gasteiger partial charge in [0.2, 0.25) is 0 Å². The summed E-state index contributed by atoms with van der Waals surface area (Å²) in [5.41, 5.74) is 8.20. The highest BCUT2D eigenvalue weighted by atomic mass is 32.1. The second-order valence-electron chi connectivity index (χ2n) is 5.31. The zero-order chi connectivity index (χ0) is 19.1. The van der Waals surface area contributed by atoms with Crippen molar-refractivity contribution < 1.29 is 13.9 Å². The number of carbonyl (C=O) groups is 1. The first-order valence-corrected chi connectivity index (χ1v) is 9.19. The van der Waals surface area contributed by atoms with Gasteiger partial charge in [0.15, 0.2) is 5.11 Å². The maximum absolute atomic E-state index is 13.6. The van der Waals surface area contributed by atoms with Crippen LogP contribution in [0, 0.1) is 5.82 Å². The summed E-state index contributed by atoms with van der Waals surface area (Å²) in [5.74, 6) is -0.204. The first kappa shape index (κ1) is 18.7. The first-order valence-electron chi connectivity index (χ1n) is 7.83. The van der Waals surface area contributed by atoms with Crippen molar-refractivity contribution in [2.24, 2.45) is 0 Å². The Hall–Kier alpha value is -3.04. The summed E-state index contributed by atoms with van der Waals surface area (Å²) >= 11 is 6.53. The number of aromatic nitrogens is 1. The van der Waals surface area contributed by atoms with Crippen molar-refractivity contribution in [1.29, 1.82) is 0 Å². The molecule has 0 aliphatic carbocycles. The maximum atomic E-state index is 13.6. The van der Waals surface area contributed by atoms with Crippen LogP contribution in [0.1, 0.15) is 16.1 Å². The number of nitrogens with zero attached hydrogens (tertiary/aromatic N) is 1. The van der Waals surface area contributed by atoms with Crippen LogP contribution in [-0.4, -0.2) is 16.0 Å². The van der Waals surface area contributed by atoms with E-state index < -0.39 is 11.7 Å². The molecule has 3 rings (SSSR count). The van der Waals surface area contributed by atoms with Crippen LogP contribution in [0.15, 0.2) is 59.4 Å². The minimum atomic E-state index is -0.443. The molecule has 0 aliphatic rings. The van der Waals surface area contributed by atoms with Crippen LogP contribution in [0.2, 0.25) is 0 Å². The molecule has 1 heterocycles. The molecular formula is C18H15FN4O2S2. The molecule has 1 aromatic heterocycles. The lowest BCUT2D eigenvalue weighted by atomic mass is 10.2. The number of anilines is 1. The summed E-state index contributed by atoms with van der Waals surface area (Å²) in [6, 6.07) is 12.7. The number of nitrogens with one attached hydrogen (secondary N) is 3. The summed E-state index contributed by atoms with van der Waals surface area (Å²) in [5, 5.41) is 4.64. The monoisotopic (exact) mass is 402 g/mol. The quantitative estimate of drug-likeness (QED) is 0.448. The SMILES string of the molecule is O=C(NNC(=S)Nc1ccccc1F)c1ccc(OCc2cscn2)cc1. The number of benzene rings is 2. The third-order valence-electron chi connectivity index (χ3n) is 3.40. The van der Waals surface area contributed by atoms with E-state index in [1.807, 2.05) is 5.38 Å². The Morgan fingerprint density at radius 3 is 2.63 bits per heavy atom. The van der Waals surface area contributed by atoms with Crippen LogP contribution in [0.5, 0.6) is 5.75 Å². The minimum absolute atomic E-state index is 0.0664. The van der Waals surface area contributed by atoms with Crippen molar-refractivity contribution in [2.45, 2.75) is 6.61 Å². The number of rotatable bonds is 5. The highest BCUT2D eigenvalue weighted by Crippen LogP contribution is 2.14. The molecule has 0 saturated heterocycles. The van der Waals surface area contributed by atoms with Gasteiger partial charge in [-0.2, -0.15) is 0 Å². The van der Waals surface area contributed by atoms with E-state index in [1.165, 1.54) is 23.5 Å². The Labute approximate surface area is 164 Å². The van der Waals surface area contributed by atoms with E-state index in [9.17, 15) is 9.18 Å². The van der Waals surface area contributed by atoms with E-state index in [-0.39, 0.29) is 10.8 Å². The molecule has 3 aromatic rings. The van der Waals surface area contributed by atoms with Gasteiger partial charge in [0, 0.05) is 10.9 Å². The number of hydrogen-bond acceptors (Lipinski definition) is 5. The highest BCUT2D eigenvalue weighted by Gasteiger charge is 2.08. The fourth-order valence-corrected chi connectivity index (χ4v) is 2.77. The second-order valence-corrected chi connectivity index (χ2v) is 6.43. The number of thiazole rings is 1. The molecule has 27 heavy (non-hydrogen) atoms. The lowest BCUT2D eigenvalue weighted by molar-refractivity contribution is 0.0944. The number of ether oxygens (including phenoxy) is 1. The van der Waals surface area contributed by atoms with Gasteiger partial charge >= 0.3 is 0 Å². The zero-order valence-electron chi connectivity index (χ0n) is 13.9. The molecule has 0 atom stereocenters. The molecule has 0 radical (unpaired) electrons. The van der Waals surface area contributed by atoms with Gasteiger partial charge in [0.05, 0.1) is 16.9 Å². The van der Waals surface area contributed by atoms with Crippen LogP contribution in [0.25, 0.3) is 0 Å². The summed E-state index contributed by atoms with van der Waals surface area (Å²) in [7, 11) is 0. The molecule has 9 heteroatoms. The number of para-hydroxylation sites is 1. The summed E-state index contributed by atoms with van der Waals surface area (Å²) in [4.78, 5) is 16.3. The predicted molar refractivity (Wildman–Crippen MR) is 106 cm³/mol. The molecular weight excluding hydrogens is 387 g/mol. The van der Waals surface area contributed by atoms with Gasteiger partial charge in [-0.3, -0.25) is 15.6 Å². The lowest BCUT2D eigenvalue weighted by Gasteiger charge is -2.12. The number of carbonyl (C=O) groups excluding carboxylic acids is 1. The summed E-state index contributed by atoms with van der Waals surface area (Å²) in [6.45, 7) is 0.368. The number of amides is 1. The van der Waals surface area contributed by atoms with E-state index in [2.05, 4.69) is 21.2 Å². The largest absolute Gasteiger partial charge is 0.487 e. The fourth-order valence-electron chi connectivity index (χ4n) is 2.07. The maximum Gasteiger partial charge on any atom is 0.269 e. The molecule has 0 bridgehead atoms. The average Bonchev–Trinajstić information content (AvgIpc) is 3.20. The summed E-state index contributed by atoms with van der Waals surface area (Å²) < 4.78 is 19.1.